The van der Waals surface area contributed by atoms with Gasteiger partial charge in [0.15, 0.2) is 0 Å². The molecule has 2 atom stereocenters. The van der Waals surface area contributed by atoms with E-state index in [-0.39, 0.29) is 12.5 Å². The number of carbonyl (C=O) groups excluding carboxylic acids is 1. The van der Waals surface area contributed by atoms with Crippen molar-refractivity contribution in [1.29, 1.82) is 0 Å². The number of nitrogens with zero attached hydrogens (tertiary/aromatic N) is 3. The van der Waals surface area contributed by atoms with E-state index in [1.165, 1.54) is 6.08 Å². The van der Waals surface area contributed by atoms with Gasteiger partial charge in [0.1, 0.15) is 11.9 Å². The zero-order chi connectivity index (χ0) is 25.8. The Morgan fingerprint density at radius 1 is 1.14 bits per heavy atom. The Morgan fingerprint density at radius 3 is 2.36 bits per heavy atom. The summed E-state index contributed by atoms with van der Waals surface area (Å²) in [5.74, 6) is -0.0327. The number of allylic oxidation sites excluding steroid dienone is 3. The number of hydrogen-bond acceptors (Lipinski definition) is 8. The molecule has 9 nitrogen and oxygen atoms in total. The van der Waals surface area contributed by atoms with Gasteiger partial charge in [0.2, 0.25) is 12.2 Å². The third-order valence-corrected chi connectivity index (χ3v) is 5.45. The highest BCUT2D eigenvalue weighted by Gasteiger charge is 2.25. The molecule has 1 fully saturated rings. The molecule has 190 valence electrons. The minimum Gasteiger partial charge on any atom is -0.466 e. The summed E-state index contributed by atoms with van der Waals surface area (Å²) in [5, 5.41) is 21.8. The Balaban J connectivity index is 1.59. The first kappa shape index (κ1) is 26.8. The number of ether oxygens (including phenoxy) is 1. The largest absolute Gasteiger partial charge is 0.466 e. The molecule has 0 spiro atoms. The lowest BCUT2D eigenvalue weighted by Crippen LogP contribution is -2.33. The number of nitrogens with two attached hydrogens (primary N) is 1. The molecule has 3 rings (SSSR count). The Labute approximate surface area is 211 Å². The van der Waals surface area contributed by atoms with Crippen molar-refractivity contribution < 1.29 is 19.7 Å². The molecule has 5 N–H and O–H groups in total. The Kier molecular flexibility index (Phi) is 10.4. The van der Waals surface area contributed by atoms with Crippen LogP contribution in [0.4, 0.5) is 0 Å². The summed E-state index contributed by atoms with van der Waals surface area (Å²) in [4.78, 5) is 23.2. The zero-order valence-corrected chi connectivity index (χ0v) is 20.2. The van der Waals surface area contributed by atoms with Crippen LogP contribution in [0.3, 0.4) is 0 Å². The highest BCUT2D eigenvalue weighted by molar-refractivity contribution is 5.88. The van der Waals surface area contributed by atoms with Gasteiger partial charge in [0.05, 0.1) is 11.4 Å². The second kappa shape index (κ2) is 13.9. The van der Waals surface area contributed by atoms with E-state index in [4.69, 9.17) is 10.5 Å². The van der Waals surface area contributed by atoms with Crippen molar-refractivity contribution in [3.8, 4) is 0 Å². The van der Waals surface area contributed by atoms with E-state index in [1.807, 2.05) is 42.5 Å². The lowest BCUT2D eigenvalue weighted by Gasteiger charge is -2.26. The number of rotatable bonds is 11. The Hall–Kier alpha value is -3.79. The number of aliphatic hydroxyl groups is 2. The van der Waals surface area contributed by atoms with Crippen molar-refractivity contribution in [2.45, 2.75) is 38.3 Å². The number of amides is 1. The molecule has 36 heavy (non-hydrogen) atoms. The van der Waals surface area contributed by atoms with E-state index in [2.05, 4.69) is 26.8 Å². The number of hydrogen-bond donors (Lipinski definition) is 4. The molecule has 0 bridgehead atoms. The van der Waals surface area contributed by atoms with Gasteiger partial charge in [0, 0.05) is 56.8 Å². The Morgan fingerprint density at radius 2 is 1.81 bits per heavy atom. The van der Waals surface area contributed by atoms with Crippen molar-refractivity contribution in [3.63, 3.8) is 0 Å². The van der Waals surface area contributed by atoms with Gasteiger partial charge >= 0.3 is 0 Å². The molecule has 0 unspecified atom stereocenters. The maximum absolute atomic E-state index is 12.2. The van der Waals surface area contributed by atoms with Crippen LogP contribution in [0.25, 0.3) is 0 Å². The molecule has 0 aromatic carbocycles. The molecule has 1 saturated heterocycles. The minimum atomic E-state index is -1.32. The number of nitrogens with one attached hydrogen (secondary N) is 1. The molecule has 1 aliphatic heterocycles. The lowest BCUT2D eigenvalue weighted by atomic mass is 10.1. The SMILES string of the molecule is C=C/C(=C\C=C(/N)CN(Cc1ccccn1)Cc1ccccn1)CNC(=O)/C=C1/CC[C@@H](O)[C@@H](O)O1. The smallest absolute Gasteiger partial charge is 0.247 e. The normalized spacial score (nSPS) is 19.7. The van der Waals surface area contributed by atoms with Crippen LogP contribution < -0.4 is 11.1 Å². The molecule has 9 heteroatoms. The molecular formula is C27H33N5O4. The first-order valence-electron chi connectivity index (χ1n) is 11.7. The Bertz CT molecular complexity index is 1040. The molecule has 0 aliphatic carbocycles. The van der Waals surface area contributed by atoms with Crippen molar-refractivity contribution in [1.82, 2.24) is 20.2 Å². The number of aliphatic hydroxyl groups excluding tert-OH is 2. The third-order valence-electron chi connectivity index (χ3n) is 5.45. The second-order valence-corrected chi connectivity index (χ2v) is 8.42. The summed E-state index contributed by atoms with van der Waals surface area (Å²) in [6, 6.07) is 11.6. The first-order chi connectivity index (χ1) is 17.4. The molecule has 2 aromatic heterocycles. The van der Waals surface area contributed by atoms with Gasteiger partial charge in [-0.2, -0.15) is 0 Å². The maximum Gasteiger partial charge on any atom is 0.247 e. The fourth-order valence-electron chi connectivity index (χ4n) is 3.55. The van der Waals surface area contributed by atoms with E-state index >= 15 is 0 Å². The molecule has 1 amide bonds. The monoisotopic (exact) mass is 491 g/mol. The predicted octanol–water partition coefficient (Wildman–Crippen LogP) is 1.92. The van der Waals surface area contributed by atoms with Gasteiger partial charge in [-0.25, -0.2) is 0 Å². The van der Waals surface area contributed by atoms with Crippen LogP contribution in [0.15, 0.2) is 96.7 Å². The summed E-state index contributed by atoms with van der Waals surface area (Å²) in [6.07, 6.45) is 8.53. The summed E-state index contributed by atoms with van der Waals surface area (Å²) in [7, 11) is 0. The lowest BCUT2D eigenvalue weighted by molar-refractivity contribution is -0.159. The van der Waals surface area contributed by atoms with Gasteiger partial charge in [-0.05, 0) is 42.3 Å². The van der Waals surface area contributed by atoms with Crippen LogP contribution >= 0.6 is 0 Å². The molecule has 3 heterocycles. The van der Waals surface area contributed by atoms with Crippen molar-refractivity contribution in [2.24, 2.45) is 5.73 Å². The van der Waals surface area contributed by atoms with Crippen LogP contribution in [0.2, 0.25) is 0 Å². The van der Waals surface area contributed by atoms with Gasteiger partial charge in [0.25, 0.3) is 0 Å². The zero-order valence-electron chi connectivity index (χ0n) is 20.2. The topological polar surface area (TPSA) is 134 Å². The van der Waals surface area contributed by atoms with Crippen LogP contribution in [0.1, 0.15) is 24.2 Å². The third kappa shape index (κ3) is 9.10. The summed E-state index contributed by atoms with van der Waals surface area (Å²) in [6.45, 7) is 5.77. The van der Waals surface area contributed by atoms with Crippen molar-refractivity contribution in [3.05, 3.63) is 108 Å². The standard InChI is InChI=1S/C27H33N5O4/c1-2-20(16-31-26(34)15-24-11-12-25(33)27(35)36-24)9-10-21(28)17-32(18-22-7-3-5-13-29-22)19-23-8-4-6-14-30-23/h2-10,13-15,25,27,33,35H,1,11-12,16-19,28H2,(H,31,34)/b20-9+,21-10-,24-15-/t25-,27+/m1/s1. The van der Waals surface area contributed by atoms with Gasteiger partial charge < -0.3 is 26.0 Å². The number of aromatic nitrogens is 2. The van der Waals surface area contributed by atoms with Gasteiger partial charge in [-0.1, -0.05) is 30.9 Å². The molecule has 1 aliphatic rings. The minimum absolute atomic E-state index is 0.243. The van der Waals surface area contributed by atoms with Gasteiger partial charge in [-0.3, -0.25) is 19.7 Å². The fraction of sp³-hybridized carbons (Fsp3) is 0.296. The average molecular weight is 492 g/mol. The van der Waals surface area contributed by atoms with Crippen LogP contribution in [0.5, 0.6) is 0 Å². The summed E-state index contributed by atoms with van der Waals surface area (Å²) in [5.41, 5.74) is 9.61. The van der Waals surface area contributed by atoms with Crippen LogP contribution in [-0.2, 0) is 22.6 Å². The number of pyridine rings is 2. The molecule has 0 saturated carbocycles. The quantitative estimate of drug-likeness (QED) is 0.277. The fourth-order valence-corrected chi connectivity index (χ4v) is 3.55. The highest BCUT2D eigenvalue weighted by atomic mass is 16.6. The van der Waals surface area contributed by atoms with Crippen LogP contribution in [-0.4, -0.2) is 56.5 Å². The average Bonchev–Trinajstić information content (AvgIpc) is 2.87. The van der Waals surface area contributed by atoms with Crippen molar-refractivity contribution >= 4 is 5.91 Å². The van der Waals surface area contributed by atoms with E-state index in [9.17, 15) is 15.0 Å². The maximum atomic E-state index is 12.2. The molecule has 2 aromatic rings. The molecule has 0 radical (unpaired) electrons. The van der Waals surface area contributed by atoms with Gasteiger partial charge in [-0.15, -0.1) is 0 Å². The van der Waals surface area contributed by atoms with E-state index in [0.29, 0.717) is 43.9 Å². The van der Waals surface area contributed by atoms with E-state index in [0.717, 1.165) is 17.0 Å². The highest BCUT2D eigenvalue weighted by Crippen LogP contribution is 2.20. The number of carbonyl (C=O) groups is 1. The van der Waals surface area contributed by atoms with E-state index in [1.54, 1.807) is 24.5 Å². The summed E-state index contributed by atoms with van der Waals surface area (Å²) >= 11 is 0. The predicted molar refractivity (Wildman–Crippen MR) is 137 cm³/mol. The van der Waals surface area contributed by atoms with Crippen molar-refractivity contribution in [2.75, 3.05) is 13.1 Å². The van der Waals surface area contributed by atoms with Crippen LogP contribution in [0, 0.1) is 0 Å². The molecular weight excluding hydrogens is 458 g/mol. The summed E-state index contributed by atoms with van der Waals surface area (Å²) < 4.78 is 5.13. The second-order valence-electron chi connectivity index (χ2n) is 8.42. The first-order valence-corrected chi connectivity index (χ1v) is 11.7. The van der Waals surface area contributed by atoms with E-state index < -0.39 is 12.4 Å².